The molecule has 0 bridgehead atoms. The summed E-state index contributed by atoms with van der Waals surface area (Å²) < 4.78 is 26.0. The van der Waals surface area contributed by atoms with E-state index in [2.05, 4.69) is 0 Å². The van der Waals surface area contributed by atoms with Gasteiger partial charge in [-0.2, -0.15) is 0 Å². The molecule has 0 heterocycles. The zero-order chi connectivity index (χ0) is 11.6. The number of carbonyl (C=O) groups is 1. The zero-order valence-electron chi connectivity index (χ0n) is 8.68. The number of nitrogens with two attached hydrogens (primary N) is 1. The quantitative estimate of drug-likeness (QED) is 0.783. The maximum atomic E-state index is 13.2. The second-order valence-corrected chi connectivity index (χ2v) is 4.21. The number of Topliss-reactive ketones (excluding diaryl/α,β-unsaturated/α-hetero) is 1. The van der Waals surface area contributed by atoms with E-state index in [1.807, 2.05) is 0 Å². The lowest BCUT2D eigenvalue weighted by atomic mass is 9.95. The number of carbonyl (C=O) groups excluding carboxylic acids is 1. The molecule has 2 nitrogen and oxygen atoms in total. The van der Waals surface area contributed by atoms with Gasteiger partial charge < -0.3 is 5.73 Å². The first-order chi connectivity index (χ1) is 6.79. The first kappa shape index (κ1) is 11.8. The molecular weight excluding hydrogens is 200 g/mol. The van der Waals surface area contributed by atoms with Gasteiger partial charge in [0.25, 0.3) is 0 Å². The van der Waals surface area contributed by atoms with E-state index >= 15 is 0 Å². The number of halogens is 2. The van der Waals surface area contributed by atoms with Gasteiger partial charge in [0.2, 0.25) is 0 Å². The van der Waals surface area contributed by atoms with Gasteiger partial charge in [0, 0.05) is 12.0 Å². The van der Waals surface area contributed by atoms with Gasteiger partial charge in [-0.05, 0) is 32.0 Å². The van der Waals surface area contributed by atoms with Crippen LogP contribution in [0.1, 0.15) is 30.6 Å². The van der Waals surface area contributed by atoms with Crippen molar-refractivity contribution in [2.75, 3.05) is 0 Å². The molecule has 0 radical (unpaired) electrons. The van der Waals surface area contributed by atoms with Crippen LogP contribution in [0.2, 0.25) is 0 Å². The summed E-state index contributed by atoms with van der Waals surface area (Å²) in [6.07, 6.45) is -0.0205. The molecule has 4 heteroatoms. The topological polar surface area (TPSA) is 43.1 Å². The minimum atomic E-state index is -0.726. The van der Waals surface area contributed by atoms with Crippen LogP contribution in [-0.2, 0) is 0 Å². The van der Waals surface area contributed by atoms with Crippen molar-refractivity contribution in [2.45, 2.75) is 25.8 Å². The van der Waals surface area contributed by atoms with E-state index in [1.54, 1.807) is 13.8 Å². The molecule has 1 aromatic carbocycles. The SMILES string of the molecule is CC(C)(N)CC(=O)c1cc(F)ccc1F. The Hall–Kier alpha value is -1.29. The lowest BCUT2D eigenvalue weighted by Crippen LogP contribution is -2.34. The van der Waals surface area contributed by atoms with Crippen LogP contribution < -0.4 is 5.73 Å². The molecule has 0 aliphatic carbocycles. The lowest BCUT2D eigenvalue weighted by molar-refractivity contribution is 0.0956. The van der Waals surface area contributed by atoms with Crippen LogP contribution in [0.15, 0.2) is 18.2 Å². The minimum Gasteiger partial charge on any atom is -0.325 e. The Bertz CT molecular complexity index is 383. The molecule has 0 amide bonds. The van der Waals surface area contributed by atoms with E-state index in [-0.39, 0.29) is 12.0 Å². The maximum absolute atomic E-state index is 13.2. The van der Waals surface area contributed by atoms with Crippen molar-refractivity contribution in [3.8, 4) is 0 Å². The van der Waals surface area contributed by atoms with E-state index in [9.17, 15) is 13.6 Å². The molecule has 2 N–H and O–H groups in total. The van der Waals surface area contributed by atoms with Gasteiger partial charge in [-0.1, -0.05) is 0 Å². The van der Waals surface area contributed by atoms with Crippen molar-refractivity contribution in [1.82, 2.24) is 0 Å². The van der Waals surface area contributed by atoms with Gasteiger partial charge in [0.05, 0.1) is 5.56 Å². The van der Waals surface area contributed by atoms with Gasteiger partial charge in [-0.3, -0.25) is 4.79 Å². The van der Waals surface area contributed by atoms with E-state index < -0.39 is 23.0 Å². The third kappa shape index (κ3) is 3.40. The minimum absolute atomic E-state index is 0.0205. The van der Waals surface area contributed by atoms with Crippen LogP contribution in [0, 0.1) is 11.6 Å². The fourth-order valence-electron chi connectivity index (χ4n) is 1.22. The smallest absolute Gasteiger partial charge is 0.167 e. The summed E-state index contributed by atoms with van der Waals surface area (Å²) in [5, 5.41) is 0. The largest absolute Gasteiger partial charge is 0.325 e. The molecule has 0 aliphatic heterocycles. The normalized spacial score (nSPS) is 11.5. The highest BCUT2D eigenvalue weighted by Crippen LogP contribution is 2.15. The Morgan fingerprint density at radius 3 is 2.53 bits per heavy atom. The zero-order valence-corrected chi connectivity index (χ0v) is 8.68. The second kappa shape index (κ2) is 4.06. The Morgan fingerprint density at radius 2 is 2.00 bits per heavy atom. The van der Waals surface area contributed by atoms with Crippen molar-refractivity contribution in [2.24, 2.45) is 5.73 Å². The van der Waals surface area contributed by atoms with Crippen molar-refractivity contribution in [3.05, 3.63) is 35.4 Å². The standard InChI is InChI=1S/C11H13F2NO/c1-11(2,14)6-10(15)8-5-7(12)3-4-9(8)13/h3-5H,6,14H2,1-2H3. The van der Waals surface area contributed by atoms with Crippen LogP contribution in [0.5, 0.6) is 0 Å². The van der Waals surface area contributed by atoms with Crippen molar-refractivity contribution in [1.29, 1.82) is 0 Å². The van der Waals surface area contributed by atoms with Crippen molar-refractivity contribution >= 4 is 5.78 Å². The fourth-order valence-corrected chi connectivity index (χ4v) is 1.22. The molecule has 82 valence electrons. The van der Waals surface area contributed by atoms with Gasteiger partial charge in [-0.15, -0.1) is 0 Å². The van der Waals surface area contributed by atoms with Crippen LogP contribution in [0.3, 0.4) is 0 Å². The summed E-state index contributed by atoms with van der Waals surface area (Å²) in [7, 11) is 0. The molecule has 0 unspecified atom stereocenters. The third-order valence-electron chi connectivity index (χ3n) is 1.84. The van der Waals surface area contributed by atoms with Gasteiger partial charge in [0.1, 0.15) is 11.6 Å². The number of hydrogen-bond acceptors (Lipinski definition) is 2. The van der Waals surface area contributed by atoms with Gasteiger partial charge in [-0.25, -0.2) is 8.78 Å². The molecule has 1 aromatic rings. The van der Waals surface area contributed by atoms with E-state index in [0.717, 1.165) is 18.2 Å². The number of benzene rings is 1. The second-order valence-electron chi connectivity index (χ2n) is 4.21. The Kier molecular flexibility index (Phi) is 3.19. The van der Waals surface area contributed by atoms with Crippen LogP contribution in [0.4, 0.5) is 8.78 Å². The molecule has 0 spiro atoms. The Morgan fingerprint density at radius 1 is 1.40 bits per heavy atom. The van der Waals surface area contributed by atoms with Crippen molar-refractivity contribution < 1.29 is 13.6 Å². The first-order valence-corrected chi connectivity index (χ1v) is 4.57. The Labute approximate surface area is 87.1 Å². The highest BCUT2D eigenvalue weighted by molar-refractivity contribution is 5.97. The molecule has 0 aliphatic rings. The summed E-state index contributed by atoms with van der Waals surface area (Å²) in [6.45, 7) is 3.31. The van der Waals surface area contributed by atoms with E-state index in [4.69, 9.17) is 5.73 Å². The van der Waals surface area contributed by atoms with Crippen LogP contribution in [0.25, 0.3) is 0 Å². The summed E-state index contributed by atoms with van der Waals surface area (Å²) in [4.78, 5) is 11.5. The van der Waals surface area contributed by atoms with E-state index in [1.165, 1.54) is 0 Å². The molecule has 0 atom stereocenters. The average Bonchev–Trinajstić information content (AvgIpc) is 2.06. The summed E-state index contributed by atoms with van der Waals surface area (Å²) in [5.74, 6) is -1.83. The number of hydrogen-bond donors (Lipinski definition) is 1. The van der Waals surface area contributed by atoms with Crippen molar-refractivity contribution in [3.63, 3.8) is 0 Å². The van der Waals surface area contributed by atoms with Gasteiger partial charge >= 0.3 is 0 Å². The average molecular weight is 213 g/mol. The lowest BCUT2D eigenvalue weighted by Gasteiger charge is -2.17. The molecule has 1 rings (SSSR count). The molecule has 15 heavy (non-hydrogen) atoms. The summed E-state index contributed by atoms with van der Waals surface area (Å²) in [5.41, 5.74) is 4.66. The summed E-state index contributed by atoms with van der Waals surface area (Å²) >= 11 is 0. The highest BCUT2D eigenvalue weighted by Gasteiger charge is 2.20. The highest BCUT2D eigenvalue weighted by atomic mass is 19.1. The predicted octanol–water partition coefficient (Wildman–Crippen LogP) is 2.27. The maximum Gasteiger partial charge on any atom is 0.167 e. The Balaban J connectivity index is 2.96. The van der Waals surface area contributed by atoms with E-state index in [0.29, 0.717) is 0 Å². The predicted molar refractivity (Wildman–Crippen MR) is 53.6 cm³/mol. The molecule has 0 fully saturated rings. The van der Waals surface area contributed by atoms with Gasteiger partial charge in [0.15, 0.2) is 5.78 Å². The van der Waals surface area contributed by atoms with Crippen LogP contribution >= 0.6 is 0 Å². The molecule has 0 aromatic heterocycles. The monoisotopic (exact) mass is 213 g/mol. The summed E-state index contributed by atoms with van der Waals surface area (Å²) in [6, 6.07) is 2.80. The first-order valence-electron chi connectivity index (χ1n) is 4.57. The number of ketones is 1. The molecule has 0 saturated heterocycles. The fraction of sp³-hybridized carbons (Fsp3) is 0.364. The van der Waals surface area contributed by atoms with Crippen LogP contribution in [-0.4, -0.2) is 11.3 Å². The molecular formula is C11H13F2NO. The third-order valence-corrected chi connectivity index (χ3v) is 1.84. The molecule has 0 saturated carbocycles. The number of rotatable bonds is 3.